The van der Waals surface area contributed by atoms with Crippen LogP contribution in [0.4, 0.5) is 5.69 Å². The van der Waals surface area contributed by atoms with Gasteiger partial charge in [-0.05, 0) is 61.7 Å². The maximum Gasteiger partial charge on any atom is 0.339 e. The van der Waals surface area contributed by atoms with Crippen LogP contribution >= 0.6 is 15.9 Å². The largest absolute Gasteiger partial charge is 0.378 e. The summed E-state index contributed by atoms with van der Waals surface area (Å²) in [5.41, 5.74) is 3.05. The van der Waals surface area contributed by atoms with E-state index in [1.165, 1.54) is 30.3 Å². The summed E-state index contributed by atoms with van der Waals surface area (Å²) in [6, 6.07) is 13.6. The third-order valence-corrected chi connectivity index (χ3v) is 8.77. The first-order valence-electron chi connectivity index (χ1n) is 12.1. The Morgan fingerprint density at radius 2 is 1.63 bits per heavy atom. The summed E-state index contributed by atoms with van der Waals surface area (Å²) < 4.78 is 59.5. The minimum Gasteiger partial charge on any atom is -0.378 e. The molecule has 0 fully saturated rings. The number of sulfonamides is 1. The first-order valence-corrected chi connectivity index (χ1v) is 15.8. The molecule has 0 spiro atoms. The van der Waals surface area contributed by atoms with E-state index in [-0.39, 0.29) is 39.1 Å². The van der Waals surface area contributed by atoms with E-state index in [0.717, 1.165) is 36.0 Å². The molecule has 218 valence electrons. The molecule has 2 N–H and O–H groups in total. The highest BCUT2D eigenvalue weighted by molar-refractivity contribution is 9.10. The van der Waals surface area contributed by atoms with Crippen LogP contribution in [0, 0.1) is 23.0 Å². The summed E-state index contributed by atoms with van der Waals surface area (Å²) in [5, 5.41) is 14.7. The molecule has 0 heterocycles. The molecule has 0 aromatic heterocycles. The van der Waals surface area contributed by atoms with E-state index in [2.05, 4.69) is 31.2 Å². The third-order valence-electron chi connectivity index (χ3n) is 5.54. The van der Waals surface area contributed by atoms with E-state index in [0.29, 0.717) is 4.47 Å². The zero-order valence-corrected chi connectivity index (χ0v) is 25.4. The third kappa shape index (κ3) is 8.91. The number of amides is 1. The molecule has 0 aliphatic heterocycles. The Hall–Kier alpha value is -3.66. The standard InChI is InChI=1S/C26H27BrN4O8S2/c1-17(2)14-24(30-40(35,36)22-9-4-18(3)5-10-22)26(32)29-28-16-19-15-20(27)6-13-25(19)39-41(37,38)23-11-7-21(8-12-23)31(33)34/h4-13,15-17,24,30H,14H2,1-3H3,(H,29,32)/b28-16-/t24-/m0/s1. The van der Waals surface area contributed by atoms with Gasteiger partial charge in [0.05, 0.1) is 16.0 Å². The molecule has 0 bridgehead atoms. The number of rotatable bonds is 12. The van der Waals surface area contributed by atoms with Gasteiger partial charge in [0.25, 0.3) is 11.6 Å². The van der Waals surface area contributed by atoms with Gasteiger partial charge in [-0.1, -0.05) is 47.5 Å². The second-order valence-corrected chi connectivity index (χ2v) is 13.5. The Morgan fingerprint density at radius 1 is 1.02 bits per heavy atom. The zero-order valence-electron chi connectivity index (χ0n) is 22.1. The molecule has 0 aliphatic carbocycles. The molecule has 3 aromatic carbocycles. The van der Waals surface area contributed by atoms with Crippen molar-refractivity contribution < 1.29 is 30.7 Å². The highest BCUT2D eigenvalue weighted by Crippen LogP contribution is 2.26. The molecule has 41 heavy (non-hydrogen) atoms. The summed E-state index contributed by atoms with van der Waals surface area (Å²) in [5.74, 6) is -0.893. The van der Waals surface area contributed by atoms with Gasteiger partial charge in [0.15, 0.2) is 5.75 Å². The number of nitrogens with zero attached hydrogens (tertiary/aromatic N) is 2. The minimum atomic E-state index is -4.37. The fraction of sp³-hybridized carbons (Fsp3) is 0.231. The van der Waals surface area contributed by atoms with Crippen molar-refractivity contribution in [2.45, 2.75) is 43.0 Å². The summed E-state index contributed by atoms with van der Waals surface area (Å²) in [4.78, 5) is 22.8. The van der Waals surface area contributed by atoms with Crippen LogP contribution in [0.15, 0.2) is 86.1 Å². The van der Waals surface area contributed by atoms with Gasteiger partial charge in [-0.3, -0.25) is 14.9 Å². The highest BCUT2D eigenvalue weighted by Gasteiger charge is 2.26. The number of nitro benzene ring substituents is 1. The normalized spacial score (nSPS) is 12.8. The number of aryl methyl sites for hydroxylation is 1. The van der Waals surface area contributed by atoms with Gasteiger partial charge in [0.1, 0.15) is 10.9 Å². The van der Waals surface area contributed by atoms with Gasteiger partial charge in [-0.25, -0.2) is 13.8 Å². The van der Waals surface area contributed by atoms with Gasteiger partial charge in [-0.2, -0.15) is 18.2 Å². The highest BCUT2D eigenvalue weighted by atomic mass is 79.9. The summed E-state index contributed by atoms with van der Waals surface area (Å²) >= 11 is 3.28. The molecule has 0 saturated heterocycles. The number of hydrazone groups is 1. The lowest BCUT2D eigenvalue weighted by molar-refractivity contribution is -0.384. The van der Waals surface area contributed by atoms with Crippen LogP contribution in [-0.4, -0.2) is 39.9 Å². The van der Waals surface area contributed by atoms with Crippen LogP contribution in [0.1, 0.15) is 31.4 Å². The van der Waals surface area contributed by atoms with Gasteiger partial charge < -0.3 is 4.18 Å². The number of nitro groups is 1. The Balaban J connectivity index is 1.79. The van der Waals surface area contributed by atoms with Gasteiger partial charge in [-0.15, -0.1) is 0 Å². The van der Waals surface area contributed by atoms with Crippen molar-refractivity contribution >= 4 is 53.9 Å². The van der Waals surface area contributed by atoms with Crippen LogP contribution < -0.4 is 14.3 Å². The molecule has 3 aromatic rings. The number of benzene rings is 3. The quantitative estimate of drug-likeness (QED) is 0.125. The molecule has 0 radical (unpaired) electrons. The van der Waals surface area contributed by atoms with Crippen molar-refractivity contribution in [3.8, 4) is 5.75 Å². The molecule has 1 amide bonds. The number of hydrogen-bond donors (Lipinski definition) is 2. The maximum atomic E-state index is 12.9. The maximum absolute atomic E-state index is 12.9. The van der Waals surface area contributed by atoms with Crippen molar-refractivity contribution in [1.82, 2.24) is 10.1 Å². The van der Waals surface area contributed by atoms with Crippen LogP contribution in [0.3, 0.4) is 0 Å². The smallest absolute Gasteiger partial charge is 0.339 e. The molecule has 0 saturated carbocycles. The van der Waals surface area contributed by atoms with Gasteiger partial charge in [0.2, 0.25) is 10.0 Å². The Bertz CT molecular complexity index is 1660. The predicted molar refractivity (Wildman–Crippen MR) is 156 cm³/mol. The predicted octanol–water partition coefficient (Wildman–Crippen LogP) is 4.28. The van der Waals surface area contributed by atoms with Crippen LogP contribution in [0.5, 0.6) is 5.75 Å². The summed E-state index contributed by atoms with van der Waals surface area (Å²) in [7, 11) is -8.38. The van der Waals surface area contributed by atoms with Crippen molar-refractivity contribution in [2.75, 3.05) is 0 Å². The van der Waals surface area contributed by atoms with Crippen molar-refractivity contribution in [2.24, 2.45) is 11.0 Å². The Morgan fingerprint density at radius 3 is 2.22 bits per heavy atom. The van der Waals surface area contributed by atoms with Crippen LogP contribution in [0.25, 0.3) is 0 Å². The zero-order chi connectivity index (χ0) is 30.4. The van der Waals surface area contributed by atoms with E-state index in [1.54, 1.807) is 12.1 Å². The lowest BCUT2D eigenvalue weighted by atomic mass is 10.0. The number of carbonyl (C=O) groups is 1. The Kier molecular flexibility index (Phi) is 10.4. The van der Waals surface area contributed by atoms with Gasteiger partial charge >= 0.3 is 10.1 Å². The van der Waals surface area contributed by atoms with Gasteiger partial charge in [0, 0.05) is 22.2 Å². The average molecular weight is 668 g/mol. The monoisotopic (exact) mass is 666 g/mol. The SMILES string of the molecule is Cc1ccc(S(=O)(=O)N[C@@H](CC(C)C)C(=O)N/N=C\c2cc(Br)ccc2OS(=O)(=O)c2ccc([N+](=O)[O-])cc2)cc1. The van der Waals surface area contributed by atoms with E-state index >= 15 is 0 Å². The first-order chi connectivity index (χ1) is 19.2. The fourth-order valence-electron chi connectivity index (χ4n) is 3.49. The van der Waals surface area contributed by atoms with E-state index < -0.39 is 37.0 Å². The lowest BCUT2D eigenvalue weighted by Crippen LogP contribution is -2.46. The molecule has 1 atom stereocenters. The average Bonchev–Trinajstić information content (AvgIpc) is 2.89. The van der Waals surface area contributed by atoms with Crippen molar-refractivity contribution in [1.29, 1.82) is 0 Å². The summed E-state index contributed by atoms with van der Waals surface area (Å²) in [6.07, 6.45) is 1.33. The first kappa shape index (κ1) is 31.9. The molecule has 3 rings (SSSR count). The molecular formula is C26H27BrN4O8S2. The number of hydrogen-bond acceptors (Lipinski definition) is 9. The topological polar surface area (TPSA) is 174 Å². The summed E-state index contributed by atoms with van der Waals surface area (Å²) in [6.45, 7) is 5.49. The van der Waals surface area contributed by atoms with E-state index in [4.69, 9.17) is 4.18 Å². The van der Waals surface area contributed by atoms with E-state index in [1.807, 2.05) is 20.8 Å². The minimum absolute atomic E-state index is 0.0123. The second-order valence-electron chi connectivity index (χ2n) is 9.32. The van der Waals surface area contributed by atoms with Crippen LogP contribution in [-0.2, 0) is 24.9 Å². The van der Waals surface area contributed by atoms with Crippen molar-refractivity contribution in [3.63, 3.8) is 0 Å². The Labute approximate surface area is 246 Å². The fourth-order valence-corrected chi connectivity index (χ4v) is 6.03. The molecule has 12 nitrogen and oxygen atoms in total. The number of halogens is 1. The molecule has 0 aliphatic rings. The second kappa shape index (κ2) is 13.3. The van der Waals surface area contributed by atoms with Crippen LogP contribution in [0.2, 0.25) is 0 Å². The molecule has 15 heteroatoms. The number of non-ortho nitro benzene ring substituents is 1. The lowest BCUT2D eigenvalue weighted by Gasteiger charge is -2.19. The van der Waals surface area contributed by atoms with E-state index in [9.17, 15) is 31.7 Å². The van der Waals surface area contributed by atoms with Crippen molar-refractivity contribution in [3.05, 3.63) is 92.4 Å². The number of nitrogens with one attached hydrogen (secondary N) is 2. The number of carbonyl (C=O) groups excluding carboxylic acids is 1. The molecule has 0 unspecified atom stereocenters. The molecular weight excluding hydrogens is 640 g/mol.